The monoisotopic (exact) mass is 206 g/mol. The second-order valence-electron chi connectivity index (χ2n) is 6.04. The average Bonchev–Trinajstić information content (AvgIpc) is 2.15. The first-order valence-electron chi connectivity index (χ1n) is 6.44. The van der Waals surface area contributed by atoms with Crippen molar-refractivity contribution in [3.8, 4) is 0 Å². The molecule has 15 heavy (non-hydrogen) atoms. The lowest BCUT2D eigenvalue weighted by Gasteiger charge is -2.59. The van der Waals surface area contributed by atoms with Gasteiger partial charge in [0.1, 0.15) is 0 Å². The summed E-state index contributed by atoms with van der Waals surface area (Å²) in [4.78, 5) is 0. The fourth-order valence-electron chi connectivity index (χ4n) is 4.76. The molecule has 0 spiro atoms. The van der Waals surface area contributed by atoms with Gasteiger partial charge in [-0.15, -0.1) is 0 Å². The minimum Gasteiger partial charge on any atom is -0.294 e. The van der Waals surface area contributed by atoms with E-state index in [1.165, 1.54) is 38.5 Å². The third kappa shape index (κ3) is 1.41. The molecule has 4 aliphatic rings. The molecule has 4 fully saturated rings. The zero-order valence-electron chi connectivity index (χ0n) is 9.95. The van der Waals surface area contributed by atoms with Gasteiger partial charge >= 0.3 is 0 Å². The highest BCUT2D eigenvalue weighted by Gasteiger charge is 2.52. The first-order valence-corrected chi connectivity index (χ1v) is 6.44. The predicted molar refractivity (Wildman–Crippen MR) is 62.8 cm³/mol. The third-order valence-electron chi connectivity index (χ3n) is 4.98. The fourth-order valence-corrected chi connectivity index (χ4v) is 4.76. The SMILES string of the molecule is CC=NN(C)C12CC3CC(CC(C3)C1)C2. The molecular weight excluding hydrogens is 184 g/mol. The summed E-state index contributed by atoms with van der Waals surface area (Å²) >= 11 is 0. The lowest BCUT2D eigenvalue weighted by molar-refractivity contribution is -0.0782. The molecule has 0 saturated heterocycles. The molecule has 2 nitrogen and oxygen atoms in total. The molecule has 4 rings (SSSR count). The normalized spacial score (nSPS) is 47.7. The van der Waals surface area contributed by atoms with Gasteiger partial charge in [0.25, 0.3) is 0 Å². The van der Waals surface area contributed by atoms with Crippen LogP contribution in [0.2, 0.25) is 0 Å². The van der Waals surface area contributed by atoms with Gasteiger partial charge in [-0.1, -0.05) is 0 Å². The van der Waals surface area contributed by atoms with Crippen LogP contribution in [0, 0.1) is 17.8 Å². The summed E-state index contributed by atoms with van der Waals surface area (Å²) in [6, 6.07) is 0. The van der Waals surface area contributed by atoms with Crippen LogP contribution in [-0.2, 0) is 0 Å². The highest BCUT2D eigenvalue weighted by Crippen LogP contribution is 2.57. The molecule has 4 aliphatic carbocycles. The van der Waals surface area contributed by atoms with Crippen LogP contribution in [0.1, 0.15) is 45.4 Å². The van der Waals surface area contributed by atoms with Crippen LogP contribution >= 0.6 is 0 Å². The van der Waals surface area contributed by atoms with E-state index in [9.17, 15) is 0 Å². The largest absolute Gasteiger partial charge is 0.294 e. The maximum atomic E-state index is 4.52. The smallest absolute Gasteiger partial charge is 0.0583 e. The van der Waals surface area contributed by atoms with E-state index in [1.807, 2.05) is 13.1 Å². The molecule has 0 aromatic heterocycles. The van der Waals surface area contributed by atoms with Crippen LogP contribution in [0.15, 0.2) is 5.10 Å². The molecule has 4 saturated carbocycles. The summed E-state index contributed by atoms with van der Waals surface area (Å²) in [6.07, 6.45) is 10.7. The molecule has 2 heteroatoms. The summed E-state index contributed by atoms with van der Waals surface area (Å²) in [5, 5.41) is 6.81. The predicted octanol–water partition coefficient (Wildman–Crippen LogP) is 2.89. The van der Waals surface area contributed by atoms with Crippen LogP contribution in [0.5, 0.6) is 0 Å². The minimum absolute atomic E-state index is 0.446. The first kappa shape index (κ1) is 9.68. The van der Waals surface area contributed by atoms with Crippen LogP contribution in [-0.4, -0.2) is 23.8 Å². The fraction of sp³-hybridized carbons (Fsp3) is 0.923. The summed E-state index contributed by atoms with van der Waals surface area (Å²) < 4.78 is 0. The Kier molecular flexibility index (Phi) is 2.08. The highest BCUT2D eigenvalue weighted by atomic mass is 15.5. The van der Waals surface area contributed by atoms with E-state index in [0.717, 1.165) is 17.8 Å². The Balaban J connectivity index is 1.86. The van der Waals surface area contributed by atoms with Crippen molar-refractivity contribution in [3.63, 3.8) is 0 Å². The summed E-state index contributed by atoms with van der Waals surface area (Å²) in [7, 11) is 2.19. The van der Waals surface area contributed by atoms with Crippen molar-refractivity contribution < 1.29 is 0 Å². The molecule has 0 aromatic carbocycles. The average molecular weight is 206 g/mol. The maximum absolute atomic E-state index is 4.52. The van der Waals surface area contributed by atoms with Gasteiger partial charge in [-0.25, -0.2) is 0 Å². The van der Waals surface area contributed by atoms with Gasteiger partial charge in [-0.05, 0) is 63.2 Å². The Morgan fingerprint density at radius 3 is 1.93 bits per heavy atom. The van der Waals surface area contributed by atoms with Crippen molar-refractivity contribution in [3.05, 3.63) is 0 Å². The number of hydrogen-bond acceptors (Lipinski definition) is 2. The van der Waals surface area contributed by atoms with Crippen molar-refractivity contribution in [2.75, 3.05) is 7.05 Å². The Morgan fingerprint density at radius 1 is 1.07 bits per heavy atom. The first-order chi connectivity index (χ1) is 7.22. The van der Waals surface area contributed by atoms with Gasteiger partial charge in [-0.3, -0.25) is 5.01 Å². The molecular formula is C13H22N2. The second-order valence-corrected chi connectivity index (χ2v) is 6.04. The van der Waals surface area contributed by atoms with E-state index >= 15 is 0 Å². The van der Waals surface area contributed by atoms with Crippen molar-refractivity contribution in [2.24, 2.45) is 22.9 Å². The van der Waals surface area contributed by atoms with Crippen molar-refractivity contribution >= 4 is 6.21 Å². The molecule has 0 aliphatic heterocycles. The van der Waals surface area contributed by atoms with Gasteiger partial charge in [0.05, 0.1) is 5.54 Å². The van der Waals surface area contributed by atoms with E-state index in [-0.39, 0.29) is 0 Å². The van der Waals surface area contributed by atoms with Gasteiger partial charge in [0.2, 0.25) is 0 Å². The zero-order chi connectivity index (χ0) is 10.5. The molecule has 0 unspecified atom stereocenters. The summed E-state index contributed by atoms with van der Waals surface area (Å²) in [5.74, 6) is 3.06. The zero-order valence-corrected chi connectivity index (χ0v) is 9.95. The van der Waals surface area contributed by atoms with Crippen molar-refractivity contribution in [1.29, 1.82) is 0 Å². The van der Waals surface area contributed by atoms with Gasteiger partial charge in [-0.2, -0.15) is 5.10 Å². The van der Waals surface area contributed by atoms with Crippen molar-refractivity contribution in [2.45, 2.75) is 51.0 Å². The molecule has 0 radical (unpaired) electrons. The highest BCUT2D eigenvalue weighted by molar-refractivity contribution is 5.52. The van der Waals surface area contributed by atoms with Crippen LogP contribution in [0.25, 0.3) is 0 Å². The van der Waals surface area contributed by atoms with Gasteiger partial charge in [0.15, 0.2) is 0 Å². The van der Waals surface area contributed by atoms with E-state index in [1.54, 1.807) is 0 Å². The quantitative estimate of drug-likeness (QED) is 0.501. The number of hydrogen-bond donors (Lipinski definition) is 0. The molecule has 4 bridgehead atoms. The molecule has 0 heterocycles. The number of hydrazone groups is 1. The van der Waals surface area contributed by atoms with Gasteiger partial charge in [0, 0.05) is 13.3 Å². The standard InChI is InChI=1S/C13H22N2/c1-3-14-15(2)13-7-10-4-11(8-13)6-12(5-10)9-13/h3,10-12H,4-9H2,1-2H3. The number of nitrogens with zero attached hydrogens (tertiary/aromatic N) is 2. The van der Waals surface area contributed by atoms with Crippen LogP contribution < -0.4 is 0 Å². The maximum Gasteiger partial charge on any atom is 0.0583 e. The second kappa shape index (κ2) is 3.23. The Morgan fingerprint density at radius 2 is 1.53 bits per heavy atom. The van der Waals surface area contributed by atoms with E-state index in [4.69, 9.17) is 0 Å². The van der Waals surface area contributed by atoms with Gasteiger partial charge < -0.3 is 0 Å². The third-order valence-corrected chi connectivity index (χ3v) is 4.98. The van der Waals surface area contributed by atoms with Crippen molar-refractivity contribution in [1.82, 2.24) is 5.01 Å². The molecule has 0 N–H and O–H groups in total. The Labute approximate surface area is 92.7 Å². The van der Waals surface area contributed by atoms with Crippen LogP contribution in [0.3, 0.4) is 0 Å². The molecule has 0 atom stereocenters. The van der Waals surface area contributed by atoms with E-state index in [2.05, 4.69) is 17.2 Å². The molecule has 0 amide bonds. The Bertz CT molecular complexity index is 247. The topological polar surface area (TPSA) is 15.6 Å². The summed E-state index contributed by atoms with van der Waals surface area (Å²) in [6.45, 7) is 2.02. The van der Waals surface area contributed by atoms with Crippen LogP contribution in [0.4, 0.5) is 0 Å². The Hall–Kier alpha value is -0.530. The number of rotatable bonds is 2. The lowest BCUT2D eigenvalue weighted by Crippen LogP contribution is -2.57. The summed E-state index contributed by atoms with van der Waals surface area (Å²) in [5.41, 5.74) is 0.446. The van der Waals surface area contributed by atoms with E-state index in [0.29, 0.717) is 5.54 Å². The minimum atomic E-state index is 0.446. The molecule has 0 aromatic rings. The lowest BCUT2D eigenvalue weighted by atomic mass is 9.53. The molecule has 84 valence electrons. The van der Waals surface area contributed by atoms with E-state index < -0.39 is 0 Å².